The highest BCUT2D eigenvalue weighted by atomic mass is 16.5. The Labute approximate surface area is 185 Å². The molecule has 5 rings (SSSR count). The molecule has 0 spiro atoms. The van der Waals surface area contributed by atoms with Gasteiger partial charge in [-0.05, 0) is 54.7 Å². The Bertz CT molecular complexity index is 1030. The Hall–Kier alpha value is -2.36. The Morgan fingerprint density at radius 3 is 1.90 bits per heavy atom. The van der Waals surface area contributed by atoms with E-state index in [-0.39, 0.29) is 33.9 Å². The van der Waals surface area contributed by atoms with Gasteiger partial charge in [-0.1, -0.05) is 39.8 Å². The molecular formula is C27H33NO3. The summed E-state index contributed by atoms with van der Waals surface area (Å²) in [6.45, 7) is 12.8. The molecule has 0 saturated carbocycles. The third-order valence-corrected chi connectivity index (χ3v) is 7.14. The van der Waals surface area contributed by atoms with E-state index < -0.39 is 0 Å². The fraction of sp³-hybridized carbons (Fsp3) is 0.556. The highest BCUT2D eigenvalue weighted by molar-refractivity contribution is 6.06. The van der Waals surface area contributed by atoms with Gasteiger partial charge in [0.05, 0.1) is 0 Å². The van der Waals surface area contributed by atoms with Crippen molar-refractivity contribution in [2.24, 2.45) is 10.8 Å². The third kappa shape index (κ3) is 3.44. The van der Waals surface area contributed by atoms with Crippen LogP contribution >= 0.6 is 0 Å². The number of hydrogen-bond acceptors (Lipinski definition) is 4. The molecule has 2 heterocycles. The molecule has 1 N–H and O–H groups in total. The Morgan fingerprint density at radius 1 is 0.806 bits per heavy atom. The van der Waals surface area contributed by atoms with Gasteiger partial charge in [0.15, 0.2) is 11.6 Å². The van der Waals surface area contributed by atoms with Gasteiger partial charge in [-0.2, -0.15) is 0 Å². The van der Waals surface area contributed by atoms with E-state index in [1.807, 2.05) is 6.07 Å². The summed E-state index contributed by atoms with van der Waals surface area (Å²) in [6.07, 6.45) is 3.54. The number of carbonyl (C=O) groups is 2. The summed E-state index contributed by atoms with van der Waals surface area (Å²) in [7, 11) is 0. The van der Waals surface area contributed by atoms with E-state index in [1.54, 1.807) is 0 Å². The van der Waals surface area contributed by atoms with Gasteiger partial charge >= 0.3 is 0 Å². The molecule has 0 radical (unpaired) electrons. The van der Waals surface area contributed by atoms with Crippen molar-refractivity contribution in [2.75, 3.05) is 0 Å². The normalized spacial score (nSPS) is 26.1. The molecule has 1 aromatic rings. The fourth-order valence-corrected chi connectivity index (χ4v) is 6.03. The van der Waals surface area contributed by atoms with Gasteiger partial charge in [0.2, 0.25) is 0 Å². The maximum atomic E-state index is 13.4. The number of hydrogen-bond donors (Lipinski definition) is 1. The van der Waals surface area contributed by atoms with Gasteiger partial charge in [-0.3, -0.25) is 9.59 Å². The van der Waals surface area contributed by atoms with Crippen LogP contribution in [0.3, 0.4) is 0 Å². The fourth-order valence-electron chi connectivity index (χ4n) is 6.03. The molecule has 31 heavy (non-hydrogen) atoms. The maximum absolute atomic E-state index is 13.4. The minimum atomic E-state index is -0.271. The lowest BCUT2D eigenvalue weighted by molar-refractivity contribution is -0.119. The van der Waals surface area contributed by atoms with Gasteiger partial charge in [-0.25, -0.2) is 0 Å². The van der Waals surface area contributed by atoms with Crippen LogP contribution in [-0.2, 0) is 16.0 Å². The summed E-state index contributed by atoms with van der Waals surface area (Å²) in [5.74, 6) is 0.987. The Kier molecular flexibility index (Phi) is 4.20. The molecule has 164 valence electrons. The molecule has 4 aliphatic rings. The standard InChI is InChI=1S/C27H33NO3/c1-25(2)11-17-23(19(29)13-25)22(24-18(28-17)12-26(3,4)14-20(24)30)15-7-8-21-16(9-15)10-27(5,6)31-21/h7-9,22,28H,10-14H2,1-6H3. The Balaban J connectivity index is 1.67. The van der Waals surface area contributed by atoms with Gasteiger partial charge < -0.3 is 10.1 Å². The SMILES string of the molecule is CC1(C)CC(=O)C2=C(C1)NC1=C(C(=O)CC(C)(C)C1)C2c1ccc2c(c1)CC(C)(C)O2. The van der Waals surface area contributed by atoms with E-state index in [0.717, 1.165) is 58.7 Å². The van der Waals surface area contributed by atoms with Crippen molar-refractivity contribution in [3.63, 3.8) is 0 Å². The minimum Gasteiger partial charge on any atom is -0.487 e. The second-order valence-electron chi connectivity index (χ2n) is 12.1. The minimum absolute atomic E-state index is 0.0739. The van der Waals surface area contributed by atoms with Gasteiger partial charge in [0.1, 0.15) is 11.4 Å². The number of rotatable bonds is 1. The first kappa shape index (κ1) is 20.5. The summed E-state index contributed by atoms with van der Waals surface area (Å²) < 4.78 is 6.08. The number of Topliss-reactive ketones (excluding diaryl/α,β-unsaturated/α-hetero) is 2. The number of ether oxygens (including phenoxy) is 1. The molecule has 0 fully saturated rings. The molecule has 2 aliphatic carbocycles. The topological polar surface area (TPSA) is 55.4 Å². The van der Waals surface area contributed by atoms with E-state index in [1.165, 1.54) is 0 Å². The lowest BCUT2D eigenvalue weighted by atomic mass is 9.64. The quantitative estimate of drug-likeness (QED) is 0.665. The predicted molar refractivity (Wildman–Crippen MR) is 121 cm³/mol. The van der Waals surface area contributed by atoms with Crippen molar-refractivity contribution in [1.82, 2.24) is 5.32 Å². The van der Waals surface area contributed by atoms with Crippen LogP contribution in [-0.4, -0.2) is 17.2 Å². The van der Waals surface area contributed by atoms with Crippen LogP contribution in [0.15, 0.2) is 40.7 Å². The predicted octanol–water partition coefficient (Wildman–Crippen LogP) is 5.37. The van der Waals surface area contributed by atoms with Crippen molar-refractivity contribution in [3.05, 3.63) is 51.9 Å². The third-order valence-electron chi connectivity index (χ3n) is 7.14. The number of carbonyl (C=O) groups excluding carboxylic acids is 2. The molecule has 0 atom stereocenters. The molecule has 0 saturated heterocycles. The van der Waals surface area contributed by atoms with E-state index in [2.05, 4.69) is 59.0 Å². The molecule has 0 amide bonds. The first-order chi connectivity index (χ1) is 14.3. The largest absolute Gasteiger partial charge is 0.487 e. The van der Waals surface area contributed by atoms with Crippen molar-refractivity contribution in [3.8, 4) is 5.75 Å². The summed E-state index contributed by atoms with van der Waals surface area (Å²) in [6, 6.07) is 6.26. The first-order valence-electron chi connectivity index (χ1n) is 11.5. The van der Waals surface area contributed by atoms with E-state index in [0.29, 0.717) is 12.8 Å². The average molecular weight is 420 g/mol. The van der Waals surface area contributed by atoms with Crippen LogP contribution in [0.25, 0.3) is 0 Å². The lowest BCUT2D eigenvalue weighted by Crippen LogP contribution is -2.42. The zero-order chi connectivity index (χ0) is 22.3. The number of allylic oxidation sites excluding steroid dienone is 4. The second-order valence-corrected chi connectivity index (χ2v) is 12.1. The monoisotopic (exact) mass is 419 g/mol. The van der Waals surface area contributed by atoms with Crippen molar-refractivity contribution in [2.45, 2.75) is 85.2 Å². The number of fused-ring (bicyclic) bond motifs is 1. The van der Waals surface area contributed by atoms with Crippen molar-refractivity contribution >= 4 is 11.6 Å². The molecule has 0 unspecified atom stereocenters. The zero-order valence-corrected chi connectivity index (χ0v) is 19.6. The molecule has 1 aromatic carbocycles. The summed E-state index contributed by atoms with van der Waals surface area (Å²) in [4.78, 5) is 26.8. The molecule has 2 aliphatic heterocycles. The van der Waals surface area contributed by atoms with Crippen LogP contribution in [0.2, 0.25) is 0 Å². The van der Waals surface area contributed by atoms with Gasteiger partial charge in [0.25, 0.3) is 0 Å². The average Bonchev–Trinajstić information content (AvgIpc) is 2.90. The maximum Gasteiger partial charge on any atom is 0.162 e. The smallest absolute Gasteiger partial charge is 0.162 e. The van der Waals surface area contributed by atoms with Crippen LogP contribution in [0.5, 0.6) is 5.75 Å². The van der Waals surface area contributed by atoms with Crippen molar-refractivity contribution < 1.29 is 14.3 Å². The molecule has 0 aromatic heterocycles. The van der Waals surface area contributed by atoms with Gasteiger partial charge in [0, 0.05) is 47.7 Å². The van der Waals surface area contributed by atoms with Crippen LogP contribution in [0, 0.1) is 10.8 Å². The molecule has 4 heteroatoms. The molecular weight excluding hydrogens is 386 g/mol. The number of dihydropyridines is 1. The van der Waals surface area contributed by atoms with Crippen LogP contribution in [0.1, 0.15) is 84.3 Å². The van der Waals surface area contributed by atoms with E-state index in [4.69, 9.17) is 4.74 Å². The second kappa shape index (κ2) is 6.34. The lowest BCUT2D eigenvalue weighted by Gasteiger charge is -2.44. The van der Waals surface area contributed by atoms with Crippen LogP contribution in [0.4, 0.5) is 0 Å². The molecule has 4 nitrogen and oxygen atoms in total. The summed E-state index contributed by atoms with van der Waals surface area (Å²) in [5, 5.41) is 3.59. The number of ketones is 2. The highest BCUT2D eigenvalue weighted by Gasteiger charge is 2.46. The van der Waals surface area contributed by atoms with Crippen molar-refractivity contribution in [1.29, 1.82) is 0 Å². The van der Waals surface area contributed by atoms with Crippen LogP contribution < -0.4 is 10.1 Å². The number of benzene rings is 1. The molecule has 0 bridgehead atoms. The first-order valence-corrected chi connectivity index (χ1v) is 11.5. The van der Waals surface area contributed by atoms with E-state index in [9.17, 15) is 9.59 Å². The summed E-state index contributed by atoms with van der Waals surface area (Å²) >= 11 is 0. The number of nitrogens with one attached hydrogen (secondary N) is 1. The Morgan fingerprint density at radius 2 is 1.35 bits per heavy atom. The zero-order valence-electron chi connectivity index (χ0n) is 19.6. The van der Waals surface area contributed by atoms with E-state index >= 15 is 0 Å². The van der Waals surface area contributed by atoms with Gasteiger partial charge in [-0.15, -0.1) is 0 Å². The highest BCUT2D eigenvalue weighted by Crippen LogP contribution is 2.51. The summed E-state index contributed by atoms with van der Waals surface area (Å²) in [5.41, 5.74) is 5.50.